The molecule has 0 unspecified atom stereocenters. The second-order valence-electron chi connectivity index (χ2n) is 1.39. The van der Waals surface area contributed by atoms with Crippen molar-refractivity contribution in [3.8, 4) is 6.07 Å². The third kappa shape index (κ3) is 2.17. The highest BCUT2D eigenvalue weighted by atomic mass is 32.2. The van der Waals surface area contributed by atoms with Crippen molar-refractivity contribution < 1.29 is 0 Å². The molecule has 0 fully saturated rings. The highest BCUT2D eigenvalue weighted by molar-refractivity contribution is 8.20. The van der Waals surface area contributed by atoms with Gasteiger partial charge in [-0.15, -0.1) is 23.5 Å². The topological polar surface area (TPSA) is 23.8 Å². The number of hydrogen-bond donors (Lipinski definition) is 0. The molecule has 0 aromatic rings. The van der Waals surface area contributed by atoms with Gasteiger partial charge in [0.15, 0.2) is 0 Å². The smallest absolute Gasteiger partial charge is 0.145 e. The van der Waals surface area contributed by atoms with Crippen LogP contribution in [0.25, 0.3) is 0 Å². The first-order valence-electron chi connectivity index (χ1n) is 2.46. The Hall–Kier alpha value is -0.330. The molecule has 9 heavy (non-hydrogen) atoms. The molecule has 1 rings (SSSR count). The Morgan fingerprint density at radius 1 is 1.22 bits per heavy atom. The maximum absolute atomic E-state index is 8.46. The van der Waals surface area contributed by atoms with Gasteiger partial charge in [0, 0.05) is 0 Å². The summed E-state index contributed by atoms with van der Waals surface area (Å²) < 4.78 is 0.0417. The zero-order valence-corrected chi connectivity index (χ0v) is 6.28. The molecule has 46 valence electrons. The van der Waals surface area contributed by atoms with Crippen molar-refractivity contribution in [2.75, 3.05) is 0 Å². The first kappa shape index (κ1) is 6.79. The van der Waals surface area contributed by atoms with E-state index in [1.165, 1.54) is 0 Å². The van der Waals surface area contributed by atoms with Gasteiger partial charge in [-0.1, -0.05) is 12.2 Å². The van der Waals surface area contributed by atoms with Crippen molar-refractivity contribution in [3.63, 3.8) is 0 Å². The molecule has 0 amide bonds. The minimum atomic E-state index is 0.0417. The van der Waals surface area contributed by atoms with Crippen LogP contribution >= 0.6 is 23.5 Å². The Morgan fingerprint density at radius 2 is 1.78 bits per heavy atom. The largest absolute Gasteiger partial charge is 0.196 e. The van der Waals surface area contributed by atoms with Crippen LogP contribution in [0.1, 0.15) is 0 Å². The van der Waals surface area contributed by atoms with E-state index >= 15 is 0 Å². The summed E-state index contributed by atoms with van der Waals surface area (Å²) in [6, 6.07) is 2.17. The summed E-state index contributed by atoms with van der Waals surface area (Å²) in [5.41, 5.74) is 0. The van der Waals surface area contributed by atoms with Crippen molar-refractivity contribution in [3.05, 3.63) is 23.0 Å². The van der Waals surface area contributed by atoms with Crippen molar-refractivity contribution in [1.82, 2.24) is 0 Å². The van der Waals surface area contributed by atoms with Gasteiger partial charge in [-0.05, 0) is 10.8 Å². The van der Waals surface area contributed by atoms with Crippen LogP contribution in [0.2, 0.25) is 0 Å². The molecule has 0 saturated heterocycles. The van der Waals surface area contributed by atoms with Gasteiger partial charge in [0.05, 0.1) is 6.07 Å². The van der Waals surface area contributed by atoms with E-state index in [1.807, 2.05) is 23.0 Å². The minimum absolute atomic E-state index is 0.0417. The minimum Gasteiger partial charge on any atom is -0.196 e. The van der Waals surface area contributed by atoms with Crippen LogP contribution in [0.4, 0.5) is 0 Å². The highest BCUT2D eigenvalue weighted by Gasteiger charge is 2.03. The van der Waals surface area contributed by atoms with Gasteiger partial charge in [-0.25, -0.2) is 0 Å². The molecule has 3 heteroatoms. The lowest BCUT2D eigenvalue weighted by atomic mass is 10.6. The zero-order chi connectivity index (χ0) is 6.53. The third-order valence-corrected chi connectivity index (χ3v) is 2.78. The van der Waals surface area contributed by atoms with Crippen LogP contribution < -0.4 is 0 Å². The molecule has 0 aromatic carbocycles. The molecule has 0 saturated carbocycles. The molecular weight excluding hydrogens is 150 g/mol. The summed E-state index contributed by atoms with van der Waals surface area (Å²) in [7, 11) is 0. The van der Waals surface area contributed by atoms with Crippen molar-refractivity contribution in [1.29, 1.82) is 5.26 Å². The molecule has 0 N–H and O–H groups in total. The number of nitrogens with zero attached hydrogens (tertiary/aromatic N) is 1. The van der Waals surface area contributed by atoms with Gasteiger partial charge < -0.3 is 0 Å². The van der Waals surface area contributed by atoms with E-state index in [-0.39, 0.29) is 4.58 Å². The lowest BCUT2D eigenvalue weighted by molar-refractivity contribution is 1.47. The van der Waals surface area contributed by atoms with Gasteiger partial charge in [0.25, 0.3) is 0 Å². The predicted octanol–water partition coefficient (Wildman–Crippen LogP) is 2.34. The van der Waals surface area contributed by atoms with E-state index in [2.05, 4.69) is 6.07 Å². The quantitative estimate of drug-likeness (QED) is 0.536. The second-order valence-corrected chi connectivity index (χ2v) is 3.72. The molecule has 1 aliphatic rings. The monoisotopic (exact) mass is 155 g/mol. The number of nitriles is 1. The van der Waals surface area contributed by atoms with Crippen molar-refractivity contribution in [2.24, 2.45) is 0 Å². The first-order valence-corrected chi connectivity index (χ1v) is 4.34. The summed E-state index contributed by atoms with van der Waals surface area (Å²) in [4.78, 5) is 0. The predicted molar refractivity (Wildman–Crippen MR) is 42.9 cm³/mol. The Labute approximate surface area is 62.8 Å². The first-order chi connectivity index (χ1) is 4.43. The fraction of sp³-hybridized carbons (Fsp3) is 0.167. The van der Waals surface area contributed by atoms with Crippen molar-refractivity contribution >= 4 is 23.5 Å². The van der Waals surface area contributed by atoms with Gasteiger partial charge in [-0.2, -0.15) is 5.26 Å². The summed E-state index contributed by atoms with van der Waals surface area (Å²) >= 11 is 3.09. The van der Waals surface area contributed by atoms with E-state index in [0.717, 1.165) is 0 Å². The molecule has 1 aliphatic heterocycles. The van der Waals surface area contributed by atoms with E-state index in [1.54, 1.807) is 23.5 Å². The third-order valence-electron chi connectivity index (χ3n) is 0.778. The molecule has 0 radical (unpaired) electrons. The highest BCUT2D eigenvalue weighted by Crippen LogP contribution is 2.26. The standard InChI is InChI=1S/C6H5NS2/c7-5-6-8-3-1-2-4-9-6/h1-4,6H. The van der Waals surface area contributed by atoms with Crippen molar-refractivity contribution in [2.45, 2.75) is 4.58 Å². The molecule has 1 nitrogen and oxygen atoms in total. The molecule has 0 spiro atoms. The average molecular weight is 155 g/mol. The Balaban J connectivity index is 2.53. The molecular formula is C6H5NS2. The normalized spacial score (nSPS) is 19.0. The van der Waals surface area contributed by atoms with E-state index in [9.17, 15) is 0 Å². The molecule has 0 atom stereocenters. The Kier molecular flexibility index (Phi) is 2.75. The van der Waals surface area contributed by atoms with Crippen LogP contribution in [-0.4, -0.2) is 4.58 Å². The maximum Gasteiger partial charge on any atom is 0.145 e. The summed E-state index contributed by atoms with van der Waals surface area (Å²) in [5.74, 6) is 0. The summed E-state index contributed by atoms with van der Waals surface area (Å²) in [5, 5.41) is 12.3. The Morgan fingerprint density at radius 3 is 2.22 bits per heavy atom. The molecule has 0 bridgehead atoms. The average Bonchev–Trinajstić information content (AvgIpc) is 2.13. The van der Waals surface area contributed by atoms with E-state index in [0.29, 0.717) is 0 Å². The summed E-state index contributed by atoms with van der Waals surface area (Å²) in [6.45, 7) is 0. The van der Waals surface area contributed by atoms with E-state index in [4.69, 9.17) is 5.26 Å². The van der Waals surface area contributed by atoms with Gasteiger partial charge in [0.2, 0.25) is 0 Å². The zero-order valence-electron chi connectivity index (χ0n) is 4.65. The lowest BCUT2D eigenvalue weighted by Crippen LogP contribution is -1.84. The Bertz CT molecular complexity index is 164. The van der Waals surface area contributed by atoms with Crippen LogP contribution in [0.5, 0.6) is 0 Å². The molecule has 0 aromatic heterocycles. The molecule has 0 aliphatic carbocycles. The number of rotatable bonds is 0. The van der Waals surface area contributed by atoms with E-state index < -0.39 is 0 Å². The number of allylic oxidation sites excluding steroid dienone is 2. The fourth-order valence-electron chi connectivity index (χ4n) is 0.417. The van der Waals surface area contributed by atoms with Crippen LogP contribution in [0.15, 0.2) is 23.0 Å². The second kappa shape index (κ2) is 3.65. The fourth-order valence-corrected chi connectivity index (χ4v) is 1.83. The lowest BCUT2D eigenvalue weighted by Gasteiger charge is -1.95. The number of hydrogen-bond acceptors (Lipinski definition) is 3. The molecule has 1 heterocycles. The van der Waals surface area contributed by atoms with Crippen LogP contribution in [0.3, 0.4) is 0 Å². The summed E-state index contributed by atoms with van der Waals surface area (Å²) in [6.07, 6.45) is 3.88. The SMILES string of the molecule is N#CC1SC=CC=CS1. The van der Waals surface area contributed by atoms with Gasteiger partial charge in [-0.3, -0.25) is 0 Å². The van der Waals surface area contributed by atoms with Crippen LogP contribution in [-0.2, 0) is 0 Å². The van der Waals surface area contributed by atoms with Crippen LogP contribution in [0, 0.1) is 11.3 Å². The van der Waals surface area contributed by atoms with Gasteiger partial charge in [0.1, 0.15) is 4.58 Å². The number of thioether (sulfide) groups is 2. The van der Waals surface area contributed by atoms with Gasteiger partial charge >= 0.3 is 0 Å². The maximum atomic E-state index is 8.46.